The number of benzene rings is 1. The van der Waals surface area contributed by atoms with Crippen LogP contribution in [0.15, 0.2) is 18.2 Å². The number of carboxylic acids is 1. The van der Waals surface area contributed by atoms with Crippen LogP contribution in [0.3, 0.4) is 0 Å². The minimum atomic E-state index is -1.14. The maximum Gasteiger partial charge on any atom is 0.326 e. The van der Waals surface area contributed by atoms with Gasteiger partial charge in [-0.1, -0.05) is 20.8 Å². The van der Waals surface area contributed by atoms with Gasteiger partial charge in [0.15, 0.2) is 11.6 Å². The number of carboxylic acid groups (broad SMARTS) is 1. The fourth-order valence-corrected chi connectivity index (χ4v) is 1.69. The molecule has 6 nitrogen and oxygen atoms in total. The van der Waals surface area contributed by atoms with E-state index in [9.17, 15) is 14.0 Å². The van der Waals surface area contributed by atoms with Crippen LogP contribution in [-0.4, -0.2) is 30.3 Å². The van der Waals surface area contributed by atoms with Gasteiger partial charge in [0, 0.05) is 11.8 Å². The molecule has 2 amide bonds. The molecule has 0 aliphatic heterocycles. The first-order valence-corrected chi connectivity index (χ1v) is 6.29. The summed E-state index contributed by atoms with van der Waals surface area (Å²) in [5, 5.41) is 13.8. The fraction of sp³-hybridized carbons (Fsp3) is 0.429. The number of methoxy groups -OCH3 is 1. The van der Waals surface area contributed by atoms with Crippen molar-refractivity contribution in [3.05, 3.63) is 24.0 Å². The summed E-state index contributed by atoms with van der Waals surface area (Å²) in [5.41, 5.74) is -0.460. The highest BCUT2D eigenvalue weighted by Crippen LogP contribution is 2.22. The van der Waals surface area contributed by atoms with Crippen molar-refractivity contribution in [3.63, 3.8) is 0 Å². The molecule has 0 fully saturated rings. The van der Waals surface area contributed by atoms with Crippen molar-refractivity contribution in [1.29, 1.82) is 0 Å². The van der Waals surface area contributed by atoms with Crippen molar-refractivity contribution < 1.29 is 23.8 Å². The van der Waals surface area contributed by atoms with E-state index in [-0.39, 0.29) is 11.4 Å². The SMILES string of the molecule is COc1ccc(NC(=O)N[C@H](C(=O)O)C(C)(C)C)cc1F. The molecule has 0 radical (unpaired) electrons. The van der Waals surface area contributed by atoms with Crippen molar-refractivity contribution in [2.24, 2.45) is 5.41 Å². The third-order valence-corrected chi connectivity index (χ3v) is 2.80. The van der Waals surface area contributed by atoms with Gasteiger partial charge in [0.2, 0.25) is 0 Å². The van der Waals surface area contributed by atoms with Gasteiger partial charge in [-0.25, -0.2) is 14.0 Å². The summed E-state index contributed by atoms with van der Waals surface area (Å²) >= 11 is 0. The quantitative estimate of drug-likeness (QED) is 0.796. The van der Waals surface area contributed by atoms with Gasteiger partial charge in [-0.2, -0.15) is 0 Å². The van der Waals surface area contributed by atoms with E-state index in [1.54, 1.807) is 20.8 Å². The molecule has 0 aliphatic carbocycles. The van der Waals surface area contributed by atoms with Gasteiger partial charge >= 0.3 is 12.0 Å². The summed E-state index contributed by atoms with van der Waals surface area (Å²) in [5.74, 6) is -1.71. The highest BCUT2D eigenvalue weighted by Gasteiger charge is 2.32. The first kappa shape index (κ1) is 16.7. The van der Waals surface area contributed by atoms with Crippen LogP contribution in [0.25, 0.3) is 0 Å². The monoisotopic (exact) mass is 298 g/mol. The van der Waals surface area contributed by atoms with Crippen LogP contribution < -0.4 is 15.4 Å². The molecular formula is C14H19FN2O4. The summed E-state index contributed by atoms with van der Waals surface area (Å²) in [6.45, 7) is 5.08. The van der Waals surface area contributed by atoms with Crippen molar-refractivity contribution in [1.82, 2.24) is 5.32 Å². The molecule has 0 saturated carbocycles. The summed E-state index contributed by atoms with van der Waals surface area (Å²) < 4.78 is 18.3. The Morgan fingerprint density at radius 3 is 2.38 bits per heavy atom. The average molecular weight is 298 g/mol. The predicted octanol–water partition coefficient (Wildman–Crippen LogP) is 2.46. The number of rotatable bonds is 4. The number of anilines is 1. The highest BCUT2D eigenvalue weighted by atomic mass is 19.1. The summed E-state index contributed by atoms with van der Waals surface area (Å²) in [7, 11) is 1.33. The molecule has 21 heavy (non-hydrogen) atoms. The van der Waals surface area contributed by atoms with E-state index in [0.717, 1.165) is 6.07 Å². The number of halogens is 1. The van der Waals surface area contributed by atoms with Crippen LogP contribution in [0.1, 0.15) is 20.8 Å². The molecular weight excluding hydrogens is 279 g/mol. The molecule has 116 valence electrons. The van der Waals surface area contributed by atoms with Gasteiger partial charge in [0.05, 0.1) is 7.11 Å². The van der Waals surface area contributed by atoms with E-state index >= 15 is 0 Å². The number of ether oxygens (including phenoxy) is 1. The molecule has 0 aliphatic rings. The van der Waals surface area contributed by atoms with E-state index in [1.807, 2.05) is 0 Å². The number of hydrogen-bond donors (Lipinski definition) is 3. The summed E-state index contributed by atoms with van der Waals surface area (Å²) in [4.78, 5) is 23.0. The second-order valence-electron chi connectivity index (χ2n) is 5.59. The van der Waals surface area contributed by atoms with Gasteiger partial charge in [-0.05, 0) is 17.5 Å². The van der Waals surface area contributed by atoms with Gasteiger partial charge in [0.25, 0.3) is 0 Å². The minimum Gasteiger partial charge on any atom is -0.494 e. The van der Waals surface area contributed by atoms with Crippen molar-refractivity contribution in [3.8, 4) is 5.75 Å². The molecule has 0 aromatic heterocycles. The van der Waals surface area contributed by atoms with Crippen molar-refractivity contribution >= 4 is 17.7 Å². The van der Waals surface area contributed by atoms with Gasteiger partial charge in [-0.15, -0.1) is 0 Å². The van der Waals surface area contributed by atoms with E-state index in [0.29, 0.717) is 0 Å². The minimum absolute atomic E-state index is 0.0547. The molecule has 0 heterocycles. The maximum absolute atomic E-state index is 13.5. The third kappa shape index (κ3) is 4.62. The molecule has 7 heteroatoms. The second-order valence-corrected chi connectivity index (χ2v) is 5.59. The molecule has 1 atom stereocenters. The number of urea groups is 1. The third-order valence-electron chi connectivity index (χ3n) is 2.80. The standard InChI is InChI=1S/C14H19FN2O4/c1-14(2,3)11(12(18)19)17-13(20)16-8-5-6-10(21-4)9(15)7-8/h5-7,11H,1-4H3,(H,18,19)(H2,16,17,20)/t11-/m1/s1. The number of carbonyl (C=O) groups excluding carboxylic acids is 1. The first-order chi connectivity index (χ1) is 9.65. The van der Waals surface area contributed by atoms with Gasteiger partial charge in [0.1, 0.15) is 6.04 Å². The lowest BCUT2D eigenvalue weighted by molar-refractivity contribution is -0.141. The topological polar surface area (TPSA) is 87.7 Å². The summed E-state index contributed by atoms with van der Waals surface area (Å²) in [6.07, 6.45) is 0. The Hall–Kier alpha value is -2.31. The van der Waals surface area contributed by atoms with Crippen LogP contribution in [-0.2, 0) is 4.79 Å². The number of hydrogen-bond acceptors (Lipinski definition) is 3. The molecule has 0 bridgehead atoms. The lowest BCUT2D eigenvalue weighted by Gasteiger charge is -2.27. The molecule has 1 rings (SSSR count). The van der Waals surface area contributed by atoms with Crippen molar-refractivity contribution in [2.75, 3.05) is 12.4 Å². The van der Waals surface area contributed by atoms with Crippen LogP contribution in [0.5, 0.6) is 5.75 Å². The fourth-order valence-electron chi connectivity index (χ4n) is 1.69. The lowest BCUT2D eigenvalue weighted by Crippen LogP contribution is -2.50. The number of amides is 2. The Morgan fingerprint density at radius 2 is 1.95 bits per heavy atom. The van der Waals surface area contributed by atoms with Gasteiger partial charge in [-0.3, -0.25) is 0 Å². The van der Waals surface area contributed by atoms with Crippen LogP contribution in [0, 0.1) is 11.2 Å². The predicted molar refractivity (Wildman–Crippen MR) is 76.0 cm³/mol. The van der Waals surface area contributed by atoms with Crippen molar-refractivity contribution in [2.45, 2.75) is 26.8 Å². The molecule has 0 unspecified atom stereocenters. The lowest BCUT2D eigenvalue weighted by atomic mass is 9.87. The molecule has 3 N–H and O–H groups in total. The van der Waals surface area contributed by atoms with E-state index in [4.69, 9.17) is 9.84 Å². The smallest absolute Gasteiger partial charge is 0.326 e. The Bertz CT molecular complexity index is 540. The molecule has 0 spiro atoms. The highest BCUT2D eigenvalue weighted by molar-refractivity contribution is 5.92. The van der Waals surface area contributed by atoms with E-state index < -0.39 is 29.3 Å². The van der Waals surface area contributed by atoms with E-state index in [2.05, 4.69) is 10.6 Å². The van der Waals surface area contributed by atoms with Crippen LogP contribution >= 0.6 is 0 Å². The maximum atomic E-state index is 13.5. The largest absolute Gasteiger partial charge is 0.494 e. The van der Waals surface area contributed by atoms with Crippen LogP contribution in [0.2, 0.25) is 0 Å². The molecule has 1 aromatic rings. The van der Waals surface area contributed by atoms with E-state index in [1.165, 1.54) is 19.2 Å². The Labute approximate surface area is 122 Å². The number of nitrogens with one attached hydrogen (secondary N) is 2. The zero-order valence-electron chi connectivity index (χ0n) is 12.4. The zero-order chi connectivity index (χ0) is 16.2. The average Bonchev–Trinajstić information content (AvgIpc) is 2.34. The van der Waals surface area contributed by atoms with Crippen LogP contribution in [0.4, 0.5) is 14.9 Å². The molecule has 1 aromatic carbocycles. The number of carbonyl (C=O) groups is 2. The molecule has 0 saturated heterocycles. The number of aliphatic carboxylic acids is 1. The Morgan fingerprint density at radius 1 is 1.33 bits per heavy atom. The first-order valence-electron chi connectivity index (χ1n) is 6.29. The zero-order valence-corrected chi connectivity index (χ0v) is 12.4. The summed E-state index contributed by atoms with van der Waals surface area (Å²) in [6, 6.07) is 2.12. The second kappa shape index (κ2) is 6.43. The Kier molecular flexibility index (Phi) is 5.12. The Balaban J connectivity index is 2.77. The normalized spacial score (nSPS) is 12.4. The van der Waals surface area contributed by atoms with Gasteiger partial charge < -0.3 is 20.5 Å².